The van der Waals surface area contributed by atoms with Gasteiger partial charge in [-0.1, -0.05) is 54.6 Å². The van der Waals surface area contributed by atoms with Crippen LogP contribution in [0.1, 0.15) is 0 Å². The van der Waals surface area contributed by atoms with Gasteiger partial charge in [0, 0.05) is 43.5 Å². The van der Waals surface area contributed by atoms with Gasteiger partial charge in [-0.3, -0.25) is 0 Å². The molecule has 0 aliphatic carbocycles. The summed E-state index contributed by atoms with van der Waals surface area (Å²) in [5.41, 5.74) is 5.14. The van der Waals surface area contributed by atoms with E-state index in [1.54, 1.807) is 0 Å². The molecule has 0 bridgehead atoms. The summed E-state index contributed by atoms with van der Waals surface area (Å²) in [6, 6.07) is 30.9. The Morgan fingerprint density at radius 1 is 0.556 bits per heavy atom. The third-order valence-electron chi connectivity index (χ3n) is 5.61. The number of hydrogen-bond donors (Lipinski definition) is 0. The highest BCUT2D eigenvalue weighted by Gasteiger charge is 2.13. The molecule has 0 spiro atoms. The SMILES string of the molecule is Cn1c2ccccc2c2cc3c(cc21)sc1ccc(-c2ccccc2)cc13. The molecule has 0 fully saturated rings. The Morgan fingerprint density at radius 2 is 1.33 bits per heavy atom. The lowest BCUT2D eigenvalue weighted by molar-refractivity contribution is 1.02. The fraction of sp³-hybridized carbons (Fsp3) is 0.0400. The second-order valence-electron chi connectivity index (χ2n) is 7.12. The largest absolute Gasteiger partial charge is 0.344 e. The summed E-state index contributed by atoms with van der Waals surface area (Å²) in [6.07, 6.45) is 0. The first-order valence-corrected chi connectivity index (χ1v) is 10.00. The van der Waals surface area contributed by atoms with E-state index in [1.807, 2.05) is 11.3 Å². The molecule has 2 heterocycles. The lowest BCUT2D eigenvalue weighted by Gasteiger charge is -2.02. The topological polar surface area (TPSA) is 4.93 Å². The number of aryl methyl sites for hydroxylation is 1. The van der Waals surface area contributed by atoms with E-state index in [0.29, 0.717) is 0 Å². The second kappa shape index (κ2) is 5.45. The standard InChI is InChI=1S/C25H17NS/c1-26-22-10-6-5-9-18(22)19-14-21-20-13-17(16-7-3-2-4-8-16)11-12-24(20)27-25(21)15-23(19)26/h2-15H,1H3. The molecule has 0 amide bonds. The van der Waals surface area contributed by atoms with Crippen molar-refractivity contribution in [2.45, 2.75) is 0 Å². The molecule has 6 rings (SSSR count). The lowest BCUT2D eigenvalue weighted by Crippen LogP contribution is -1.85. The Balaban J connectivity index is 1.71. The molecule has 1 nitrogen and oxygen atoms in total. The van der Waals surface area contributed by atoms with E-state index in [0.717, 1.165) is 0 Å². The first-order valence-electron chi connectivity index (χ1n) is 9.18. The van der Waals surface area contributed by atoms with Gasteiger partial charge in [0.2, 0.25) is 0 Å². The van der Waals surface area contributed by atoms with Crippen LogP contribution in [0.25, 0.3) is 53.1 Å². The van der Waals surface area contributed by atoms with Gasteiger partial charge in [-0.05, 0) is 41.5 Å². The van der Waals surface area contributed by atoms with Gasteiger partial charge in [-0.2, -0.15) is 0 Å². The molecule has 4 aromatic carbocycles. The van der Waals surface area contributed by atoms with Crippen molar-refractivity contribution in [1.29, 1.82) is 0 Å². The number of nitrogens with zero attached hydrogens (tertiary/aromatic N) is 1. The third kappa shape index (κ3) is 2.11. The molecule has 0 aliphatic rings. The minimum Gasteiger partial charge on any atom is -0.344 e. The Hall–Kier alpha value is -3.10. The summed E-state index contributed by atoms with van der Waals surface area (Å²) in [4.78, 5) is 0. The number of para-hydroxylation sites is 1. The minimum atomic E-state index is 1.27. The van der Waals surface area contributed by atoms with E-state index in [1.165, 1.54) is 53.1 Å². The molecule has 2 heteroatoms. The van der Waals surface area contributed by atoms with Crippen LogP contribution in [0.15, 0.2) is 84.9 Å². The predicted octanol–water partition coefficient (Wildman–Crippen LogP) is 7.37. The molecule has 0 unspecified atom stereocenters. The molecule has 0 aliphatic heterocycles. The van der Waals surface area contributed by atoms with Crippen molar-refractivity contribution < 1.29 is 0 Å². The average Bonchev–Trinajstić information content (AvgIpc) is 3.22. The summed E-state index contributed by atoms with van der Waals surface area (Å²) in [7, 11) is 2.16. The van der Waals surface area contributed by atoms with Crippen LogP contribution in [-0.4, -0.2) is 4.57 Å². The normalized spacial score (nSPS) is 11.9. The van der Waals surface area contributed by atoms with E-state index in [4.69, 9.17) is 0 Å². The van der Waals surface area contributed by atoms with Gasteiger partial charge in [-0.25, -0.2) is 0 Å². The van der Waals surface area contributed by atoms with Crippen LogP contribution < -0.4 is 0 Å². The van der Waals surface area contributed by atoms with E-state index < -0.39 is 0 Å². The van der Waals surface area contributed by atoms with Crippen molar-refractivity contribution in [1.82, 2.24) is 4.57 Å². The molecule has 0 saturated carbocycles. The van der Waals surface area contributed by atoms with Crippen molar-refractivity contribution in [3.63, 3.8) is 0 Å². The lowest BCUT2D eigenvalue weighted by atomic mass is 10.0. The maximum absolute atomic E-state index is 2.39. The molecule has 0 radical (unpaired) electrons. The third-order valence-corrected chi connectivity index (χ3v) is 6.75. The number of rotatable bonds is 1. The van der Waals surface area contributed by atoms with Gasteiger partial charge in [0.05, 0.1) is 5.52 Å². The van der Waals surface area contributed by atoms with Crippen LogP contribution in [0.2, 0.25) is 0 Å². The zero-order valence-electron chi connectivity index (χ0n) is 14.9. The fourth-order valence-corrected chi connectivity index (χ4v) is 5.34. The van der Waals surface area contributed by atoms with Crippen molar-refractivity contribution in [3.8, 4) is 11.1 Å². The number of hydrogen-bond acceptors (Lipinski definition) is 1. The number of benzene rings is 4. The molecular formula is C25H17NS. The van der Waals surface area contributed by atoms with E-state index in [9.17, 15) is 0 Å². The molecule has 128 valence electrons. The predicted molar refractivity (Wildman–Crippen MR) is 119 cm³/mol. The van der Waals surface area contributed by atoms with E-state index >= 15 is 0 Å². The summed E-state index contributed by atoms with van der Waals surface area (Å²) in [6.45, 7) is 0. The van der Waals surface area contributed by atoms with Gasteiger partial charge in [-0.15, -0.1) is 11.3 Å². The molecule has 0 saturated heterocycles. The number of aromatic nitrogens is 1. The fourth-order valence-electron chi connectivity index (χ4n) is 4.24. The summed E-state index contributed by atoms with van der Waals surface area (Å²) < 4.78 is 5.02. The van der Waals surface area contributed by atoms with Crippen LogP contribution in [0.3, 0.4) is 0 Å². The quantitative estimate of drug-likeness (QED) is 0.287. The minimum absolute atomic E-state index is 1.27. The molecular weight excluding hydrogens is 346 g/mol. The van der Waals surface area contributed by atoms with Crippen molar-refractivity contribution in [2.24, 2.45) is 7.05 Å². The van der Waals surface area contributed by atoms with Crippen LogP contribution in [0.5, 0.6) is 0 Å². The van der Waals surface area contributed by atoms with Crippen LogP contribution >= 0.6 is 11.3 Å². The summed E-state index contributed by atoms with van der Waals surface area (Å²) in [5.74, 6) is 0. The van der Waals surface area contributed by atoms with Crippen LogP contribution in [0, 0.1) is 0 Å². The van der Waals surface area contributed by atoms with Crippen molar-refractivity contribution in [2.75, 3.05) is 0 Å². The highest BCUT2D eigenvalue weighted by molar-refractivity contribution is 7.25. The molecule has 6 aromatic rings. The maximum Gasteiger partial charge on any atom is 0.0503 e. The van der Waals surface area contributed by atoms with E-state index in [-0.39, 0.29) is 0 Å². The van der Waals surface area contributed by atoms with Crippen LogP contribution in [0.4, 0.5) is 0 Å². The monoisotopic (exact) mass is 363 g/mol. The first kappa shape index (κ1) is 15.0. The van der Waals surface area contributed by atoms with Gasteiger partial charge >= 0.3 is 0 Å². The highest BCUT2D eigenvalue weighted by Crippen LogP contribution is 2.40. The summed E-state index contributed by atoms with van der Waals surface area (Å²) in [5, 5.41) is 5.38. The zero-order chi connectivity index (χ0) is 18.0. The second-order valence-corrected chi connectivity index (χ2v) is 8.20. The number of thiophene rings is 1. The van der Waals surface area contributed by atoms with Gasteiger partial charge in [0.25, 0.3) is 0 Å². The van der Waals surface area contributed by atoms with Crippen molar-refractivity contribution >= 4 is 53.3 Å². The molecule has 2 aromatic heterocycles. The number of fused-ring (bicyclic) bond motifs is 6. The van der Waals surface area contributed by atoms with Crippen LogP contribution in [-0.2, 0) is 7.05 Å². The Morgan fingerprint density at radius 3 is 2.22 bits per heavy atom. The average molecular weight is 363 g/mol. The maximum atomic E-state index is 2.39. The molecule has 27 heavy (non-hydrogen) atoms. The van der Waals surface area contributed by atoms with Gasteiger partial charge in [0.1, 0.15) is 0 Å². The Labute approximate surface area is 161 Å². The smallest absolute Gasteiger partial charge is 0.0503 e. The Kier molecular flexibility index (Phi) is 3.03. The highest BCUT2D eigenvalue weighted by atomic mass is 32.1. The zero-order valence-corrected chi connectivity index (χ0v) is 15.8. The molecule has 0 atom stereocenters. The van der Waals surface area contributed by atoms with Crippen molar-refractivity contribution in [3.05, 3.63) is 84.9 Å². The van der Waals surface area contributed by atoms with E-state index in [2.05, 4.69) is 96.5 Å². The molecule has 0 N–H and O–H groups in total. The first-order chi connectivity index (χ1) is 13.3. The van der Waals surface area contributed by atoms with Gasteiger partial charge in [0.15, 0.2) is 0 Å². The summed E-state index contributed by atoms with van der Waals surface area (Å²) >= 11 is 1.89. The van der Waals surface area contributed by atoms with Gasteiger partial charge < -0.3 is 4.57 Å². The Bertz CT molecular complexity index is 1470.